The Bertz CT molecular complexity index is 356. The van der Waals surface area contributed by atoms with Crippen LogP contribution >= 0.6 is 0 Å². The number of aromatic nitrogens is 2. The SMILES string of the molecule is C=CCCOc1ncnc(NCCC)c1OC. The monoisotopic (exact) mass is 237 g/mol. The van der Waals surface area contributed by atoms with Crippen molar-refractivity contribution < 1.29 is 9.47 Å². The second-order valence-electron chi connectivity index (χ2n) is 3.41. The fourth-order valence-electron chi connectivity index (χ4n) is 1.25. The highest BCUT2D eigenvalue weighted by Gasteiger charge is 2.12. The van der Waals surface area contributed by atoms with Crippen molar-refractivity contribution in [2.45, 2.75) is 19.8 Å². The number of hydrogen-bond acceptors (Lipinski definition) is 5. The van der Waals surface area contributed by atoms with Gasteiger partial charge in [0.1, 0.15) is 6.33 Å². The highest BCUT2D eigenvalue weighted by atomic mass is 16.5. The minimum atomic E-state index is 0.461. The molecule has 0 radical (unpaired) electrons. The molecule has 1 heterocycles. The van der Waals surface area contributed by atoms with Crippen molar-refractivity contribution in [3.8, 4) is 11.6 Å². The maximum absolute atomic E-state index is 5.50. The van der Waals surface area contributed by atoms with Crippen LogP contribution in [0.2, 0.25) is 0 Å². The first-order valence-electron chi connectivity index (χ1n) is 5.70. The third-order valence-electron chi connectivity index (χ3n) is 2.08. The molecule has 0 atom stereocenters. The molecule has 0 saturated carbocycles. The van der Waals surface area contributed by atoms with Crippen LogP contribution < -0.4 is 14.8 Å². The fraction of sp³-hybridized carbons (Fsp3) is 0.500. The summed E-state index contributed by atoms with van der Waals surface area (Å²) in [4.78, 5) is 8.19. The molecule has 1 aromatic rings. The van der Waals surface area contributed by atoms with Gasteiger partial charge in [0.2, 0.25) is 5.75 Å². The van der Waals surface area contributed by atoms with Gasteiger partial charge < -0.3 is 14.8 Å². The lowest BCUT2D eigenvalue weighted by molar-refractivity contribution is 0.287. The lowest BCUT2D eigenvalue weighted by Crippen LogP contribution is -2.07. The highest BCUT2D eigenvalue weighted by Crippen LogP contribution is 2.30. The van der Waals surface area contributed by atoms with Gasteiger partial charge in [-0.15, -0.1) is 6.58 Å². The van der Waals surface area contributed by atoms with E-state index in [0.29, 0.717) is 24.1 Å². The van der Waals surface area contributed by atoms with Gasteiger partial charge in [-0.3, -0.25) is 0 Å². The van der Waals surface area contributed by atoms with Crippen LogP contribution in [0.5, 0.6) is 11.6 Å². The molecule has 0 spiro atoms. The van der Waals surface area contributed by atoms with E-state index < -0.39 is 0 Å². The topological polar surface area (TPSA) is 56.3 Å². The van der Waals surface area contributed by atoms with Gasteiger partial charge in [-0.25, -0.2) is 4.98 Å². The first-order valence-corrected chi connectivity index (χ1v) is 5.70. The van der Waals surface area contributed by atoms with E-state index >= 15 is 0 Å². The number of nitrogens with zero attached hydrogens (tertiary/aromatic N) is 2. The highest BCUT2D eigenvalue weighted by molar-refractivity contribution is 5.54. The largest absolute Gasteiger partial charge is 0.489 e. The van der Waals surface area contributed by atoms with Gasteiger partial charge in [-0.2, -0.15) is 4.98 Å². The second kappa shape index (κ2) is 7.49. The third kappa shape index (κ3) is 3.94. The summed E-state index contributed by atoms with van der Waals surface area (Å²) in [6.07, 6.45) is 5.04. The average molecular weight is 237 g/mol. The maximum Gasteiger partial charge on any atom is 0.262 e. The van der Waals surface area contributed by atoms with Crippen molar-refractivity contribution in [2.75, 3.05) is 25.6 Å². The molecule has 0 aliphatic rings. The van der Waals surface area contributed by atoms with E-state index in [2.05, 4.69) is 28.8 Å². The lowest BCUT2D eigenvalue weighted by Gasteiger charge is -2.12. The van der Waals surface area contributed by atoms with E-state index in [1.165, 1.54) is 6.33 Å². The zero-order chi connectivity index (χ0) is 12.5. The molecule has 5 nitrogen and oxygen atoms in total. The van der Waals surface area contributed by atoms with Crippen LogP contribution in [-0.4, -0.2) is 30.2 Å². The Balaban J connectivity index is 2.77. The van der Waals surface area contributed by atoms with E-state index in [-0.39, 0.29) is 0 Å². The summed E-state index contributed by atoms with van der Waals surface area (Å²) in [7, 11) is 1.58. The van der Waals surface area contributed by atoms with Gasteiger partial charge in [0, 0.05) is 6.54 Å². The molecular weight excluding hydrogens is 218 g/mol. The van der Waals surface area contributed by atoms with Gasteiger partial charge >= 0.3 is 0 Å². The Kier molecular flexibility index (Phi) is 5.85. The van der Waals surface area contributed by atoms with E-state index in [4.69, 9.17) is 9.47 Å². The normalized spacial score (nSPS) is 9.76. The lowest BCUT2D eigenvalue weighted by atomic mass is 10.4. The number of methoxy groups -OCH3 is 1. The molecule has 17 heavy (non-hydrogen) atoms. The molecule has 0 aliphatic heterocycles. The number of nitrogens with one attached hydrogen (secondary N) is 1. The smallest absolute Gasteiger partial charge is 0.262 e. The van der Waals surface area contributed by atoms with Crippen molar-refractivity contribution in [1.82, 2.24) is 9.97 Å². The van der Waals surface area contributed by atoms with Crippen LogP contribution in [0.4, 0.5) is 5.82 Å². The van der Waals surface area contributed by atoms with Crippen LogP contribution in [0, 0.1) is 0 Å². The predicted octanol–water partition coefficient (Wildman–Crippen LogP) is 2.26. The molecule has 1 aromatic heterocycles. The standard InChI is InChI=1S/C12H19N3O2/c1-4-6-8-17-12-10(16-3)11(13-7-5-2)14-9-15-12/h4,9H,1,5-8H2,2-3H3,(H,13,14,15). The van der Waals surface area contributed by atoms with Gasteiger partial charge in [0.05, 0.1) is 13.7 Å². The number of anilines is 1. The molecule has 0 bridgehead atoms. The molecule has 0 aliphatic carbocycles. The predicted molar refractivity (Wildman–Crippen MR) is 67.7 cm³/mol. The van der Waals surface area contributed by atoms with E-state index in [1.54, 1.807) is 13.2 Å². The number of ether oxygens (including phenoxy) is 2. The summed E-state index contributed by atoms with van der Waals surface area (Å²) in [5.74, 6) is 1.67. The summed E-state index contributed by atoms with van der Waals surface area (Å²) in [5, 5.41) is 3.17. The molecule has 0 fully saturated rings. The summed E-state index contributed by atoms with van der Waals surface area (Å²) >= 11 is 0. The Morgan fingerprint density at radius 1 is 1.47 bits per heavy atom. The van der Waals surface area contributed by atoms with Crippen molar-refractivity contribution in [1.29, 1.82) is 0 Å². The van der Waals surface area contributed by atoms with Gasteiger partial charge in [-0.05, 0) is 12.8 Å². The average Bonchev–Trinajstić information content (AvgIpc) is 2.36. The van der Waals surface area contributed by atoms with Crippen molar-refractivity contribution in [3.63, 3.8) is 0 Å². The van der Waals surface area contributed by atoms with Crippen molar-refractivity contribution in [2.24, 2.45) is 0 Å². The Labute approximate surface area is 102 Å². The summed E-state index contributed by atoms with van der Waals surface area (Å²) in [5.41, 5.74) is 0. The number of rotatable bonds is 8. The van der Waals surface area contributed by atoms with Gasteiger partial charge in [-0.1, -0.05) is 13.0 Å². The minimum absolute atomic E-state index is 0.461. The first kappa shape index (κ1) is 13.3. The fourth-order valence-corrected chi connectivity index (χ4v) is 1.25. The quantitative estimate of drug-likeness (QED) is 0.555. The van der Waals surface area contributed by atoms with Gasteiger partial charge in [0.15, 0.2) is 5.82 Å². The van der Waals surface area contributed by atoms with E-state index in [1.807, 2.05) is 0 Å². The summed E-state index contributed by atoms with van der Waals surface area (Å²) in [6.45, 7) is 7.09. The Morgan fingerprint density at radius 3 is 2.94 bits per heavy atom. The molecular formula is C12H19N3O2. The van der Waals surface area contributed by atoms with Crippen LogP contribution in [0.15, 0.2) is 19.0 Å². The Hall–Kier alpha value is -1.78. The molecule has 5 heteroatoms. The molecule has 94 valence electrons. The summed E-state index contributed by atoms with van der Waals surface area (Å²) in [6, 6.07) is 0. The van der Waals surface area contributed by atoms with Crippen LogP contribution in [0.3, 0.4) is 0 Å². The van der Waals surface area contributed by atoms with Crippen LogP contribution in [-0.2, 0) is 0 Å². The maximum atomic E-state index is 5.50. The molecule has 0 saturated heterocycles. The minimum Gasteiger partial charge on any atom is -0.489 e. The second-order valence-corrected chi connectivity index (χ2v) is 3.41. The number of hydrogen-bond donors (Lipinski definition) is 1. The summed E-state index contributed by atoms with van der Waals surface area (Å²) < 4.78 is 10.8. The zero-order valence-electron chi connectivity index (χ0n) is 10.4. The zero-order valence-corrected chi connectivity index (χ0v) is 10.4. The molecule has 1 N–H and O–H groups in total. The van der Waals surface area contributed by atoms with E-state index in [0.717, 1.165) is 19.4 Å². The first-order chi connectivity index (χ1) is 8.33. The third-order valence-corrected chi connectivity index (χ3v) is 2.08. The van der Waals surface area contributed by atoms with Crippen LogP contribution in [0.25, 0.3) is 0 Å². The molecule has 1 rings (SSSR count). The molecule has 0 amide bonds. The van der Waals surface area contributed by atoms with Crippen molar-refractivity contribution >= 4 is 5.82 Å². The van der Waals surface area contributed by atoms with Crippen molar-refractivity contribution in [3.05, 3.63) is 19.0 Å². The molecule has 0 unspecified atom stereocenters. The van der Waals surface area contributed by atoms with Crippen LogP contribution in [0.1, 0.15) is 19.8 Å². The molecule has 0 aromatic carbocycles. The van der Waals surface area contributed by atoms with Gasteiger partial charge in [0.25, 0.3) is 5.88 Å². The Morgan fingerprint density at radius 2 is 2.29 bits per heavy atom. The van der Waals surface area contributed by atoms with E-state index in [9.17, 15) is 0 Å².